The number of carbonyl (C=O) groups is 2. The van der Waals surface area contributed by atoms with E-state index in [0.717, 1.165) is 0 Å². The zero-order valence-corrected chi connectivity index (χ0v) is 16.1. The maximum absolute atomic E-state index is 12.1. The highest BCUT2D eigenvalue weighted by molar-refractivity contribution is 7.85. The van der Waals surface area contributed by atoms with Gasteiger partial charge < -0.3 is 14.8 Å². The Balaban J connectivity index is 2.85. The van der Waals surface area contributed by atoms with Crippen LogP contribution in [-0.2, 0) is 36.6 Å². The molecule has 1 amide bonds. The van der Waals surface area contributed by atoms with Crippen LogP contribution >= 0.6 is 0 Å². The minimum absolute atomic E-state index is 0.143. The summed E-state index contributed by atoms with van der Waals surface area (Å²) >= 11 is 0. The monoisotopic (exact) mass is 387 g/mol. The minimum Gasteiger partial charge on any atom is -0.464 e. The van der Waals surface area contributed by atoms with Gasteiger partial charge in [0, 0.05) is 6.42 Å². The SMILES string of the molecule is CCOC(=O)C(Cc1ccc(CS(=O)(=O)O)cc1)NC(=O)OC(C)(C)C. The Morgan fingerprint density at radius 3 is 2.15 bits per heavy atom. The molecule has 0 saturated carbocycles. The molecule has 0 spiro atoms. The van der Waals surface area contributed by atoms with E-state index >= 15 is 0 Å². The average molecular weight is 387 g/mol. The largest absolute Gasteiger partial charge is 0.464 e. The Bertz CT molecular complexity index is 720. The molecule has 0 aliphatic carbocycles. The highest BCUT2D eigenvalue weighted by Gasteiger charge is 2.25. The summed E-state index contributed by atoms with van der Waals surface area (Å²) in [5.74, 6) is -1.09. The van der Waals surface area contributed by atoms with Gasteiger partial charge in [-0.2, -0.15) is 8.42 Å². The minimum atomic E-state index is -4.11. The summed E-state index contributed by atoms with van der Waals surface area (Å²) in [6.07, 6.45) is -0.594. The van der Waals surface area contributed by atoms with Crippen molar-refractivity contribution >= 4 is 22.2 Å². The number of hydrogen-bond donors (Lipinski definition) is 2. The molecule has 0 aliphatic rings. The van der Waals surface area contributed by atoms with Crippen molar-refractivity contribution in [2.45, 2.75) is 51.5 Å². The third-order valence-corrected chi connectivity index (χ3v) is 3.77. The summed E-state index contributed by atoms with van der Waals surface area (Å²) < 4.78 is 40.8. The first kappa shape index (κ1) is 21.9. The second-order valence-corrected chi connectivity index (χ2v) is 8.15. The Kier molecular flexibility index (Phi) is 7.58. The number of alkyl carbamates (subject to hydrolysis) is 1. The Morgan fingerprint density at radius 2 is 1.69 bits per heavy atom. The van der Waals surface area contributed by atoms with Crippen LogP contribution in [0.15, 0.2) is 24.3 Å². The lowest BCUT2D eigenvalue weighted by molar-refractivity contribution is -0.145. The number of carbonyl (C=O) groups excluding carboxylic acids is 2. The maximum atomic E-state index is 12.1. The molecule has 0 aromatic heterocycles. The van der Waals surface area contributed by atoms with Crippen LogP contribution in [0.2, 0.25) is 0 Å². The quantitative estimate of drug-likeness (QED) is 0.543. The van der Waals surface area contributed by atoms with E-state index < -0.39 is 39.6 Å². The summed E-state index contributed by atoms with van der Waals surface area (Å²) in [7, 11) is -4.11. The predicted octanol–water partition coefficient (Wildman–Crippen LogP) is 2.07. The van der Waals surface area contributed by atoms with Gasteiger partial charge in [-0.25, -0.2) is 9.59 Å². The van der Waals surface area contributed by atoms with Gasteiger partial charge in [0.1, 0.15) is 17.4 Å². The molecule has 146 valence electrons. The molecule has 1 unspecified atom stereocenters. The first-order valence-corrected chi connectivity index (χ1v) is 9.69. The molecule has 2 N–H and O–H groups in total. The topological polar surface area (TPSA) is 119 Å². The molecule has 0 aliphatic heterocycles. The number of rotatable bonds is 7. The van der Waals surface area contributed by atoms with Crippen LogP contribution in [0.3, 0.4) is 0 Å². The normalized spacial score (nSPS) is 13.0. The molecule has 26 heavy (non-hydrogen) atoms. The van der Waals surface area contributed by atoms with Crippen molar-refractivity contribution in [3.63, 3.8) is 0 Å². The van der Waals surface area contributed by atoms with Gasteiger partial charge in [0.05, 0.1) is 6.61 Å². The highest BCUT2D eigenvalue weighted by atomic mass is 32.2. The van der Waals surface area contributed by atoms with Crippen molar-refractivity contribution in [3.8, 4) is 0 Å². The van der Waals surface area contributed by atoms with Crippen molar-refractivity contribution < 1.29 is 32.0 Å². The lowest BCUT2D eigenvalue weighted by Crippen LogP contribution is -2.45. The van der Waals surface area contributed by atoms with Crippen LogP contribution in [-0.4, -0.2) is 43.3 Å². The number of ether oxygens (including phenoxy) is 2. The van der Waals surface area contributed by atoms with Crippen molar-refractivity contribution in [1.29, 1.82) is 0 Å². The third-order valence-electron chi connectivity index (χ3n) is 3.07. The van der Waals surface area contributed by atoms with Crippen molar-refractivity contribution in [1.82, 2.24) is 5.32 Å². The number of benzene rings is 1. The van der Waals surface area contributed by atoms with E-state index in [9.17, 15) is 18.0 Å². The van der Waals surface area contributed by atoms with E-state index in [1.807, 2.05) is 0 Å². The summed E-state index contributed by atoms with van der Waals surface area (Å²) in [5.41, 5.74) is 0.378. The first-order chi connectivity index (χ1) is 11.9. The fraction of sp³-hybridized carbons (Fsp3) is 0.529. The van der Waals surface area contributed by atoms with Crippen molar-refractivity contribution in [3.05, 3.63) is 35.4 Å². The van der Waals surface area contributed by atoms with Crippen LogP contribution < -0.4 is 5.32 Å². The lowest BCUT2D eigenvalue weighted by atomic mass is 10.0. The summed E-state index contributed by atoms with van der Waals surface area (Å²) in [5, 5.41) is 2.49. The predicted molar refractivity (Wildman–Crippen MR) is 95.2 cm³/mol. The average Bonchev–Trinajstić information content (AvgIpc) is 2.45. The van der Waals surface area contributed by atoms with Gasteiger partial charge in [-0.1, -0.05) is 24.3 Å². The summed E-state index contributed by atoms with van der Waals surface area (Å²) in [4.78, 5) is 24.0. The second kappa shape index (κ2) is 9.00. The van der Waals surface area contributed by atoms with Crippen LogP contribution in [0.5, 0.6) is 0 Å². The second-order valence-electron chi connectivity index (χ2n) is 6.70. The molecule has 0 radical (unpaired) electrons. The van der Waals surface area contributed by atoms with Gasteiger partial charge in [-0.05, 0) is 38.8 Å². The van der Waals surface area contributed by atoms with E-state index in [0.29, 0.717) is 11.1 Å². The molecule has 0 heterocycles. The molecule has 1 aromatic carbocycles. The zero-order valence-electron chi connectivity index (χ0n) is 15.3. The van der Waals surface area contributed by atoms with Crippen LogP contribution in [0.1, 0.15) is 38.8 Å². The summed E-state index contributed by atoms with van der Waals surface area (Å²) in [6.45, 7) is 6.95. The van der Waals surface area contributed by atoms with E-state index in [4.69, 9.17) is 14.0 Å². The first-order valence-electron chi connectivity index (χ1n) is 8.09. The van der Waals surface area contributed by atoms with Crippen LogP contribution in [0.25, 0.3) is 0 Å². The van der Waals surface area contributed by atoms with Gasteiger partial charge >= 0.3 is 12.1 Å². The Labute approximate surface area is 153 Å². The molecule has 1 rings (SSSR count). The van der Waals surface area contributed by atoms with Gasteiger partial charge in [0.2, 0.25) is 0 Å². The van der Waals surface area contributed by atoms with Gasteiger partial charge in [-0.15, -0.1) is 0 Å². The molecular weight excluding hydrogens is 362 g/mol. The van der Waals surface area contributed by atoms with Crippen LogP contribution in [0.4, 0.5) is 4.79 Å². The van der Waals surface area contributed by atoms with E-state index in [2.05, 4.69) is 5.32 Å². The van der Waals surface area contributed by atoms with E-state index in [1.54, 1.807) is 39.8 Å². The molecule has 1 atom stereocenters. The Hall–Kier alpha value is -2.13. The molecule has 8 nitrogen and oxygen atoms in total. The van der Waals surface area contributed by atoms with Crippen molar-refractivity contribution in [2.75, 3.05) is 6.61 Å². The van der Waals surface area contributed by atoms with Gasteiger partial charge in [-0.3, -0.25) is 4.55 Å². The fourth-order valence-corrected chi connectivity index (χ4v) is 2.72. The molecule has 0 bridgehead atoms. The van der Waals surface area contributed by atoms with E-state index in [-0.39, 0.29) is 13.0 Å². The zero-order chi connectivity index (χ0) is 20.0. The van der Waals surface area contributed by atoms with Crippen molar-refractivity contribution in [2.24, 2.45) is 0 Å². The summed E-state index contributed by atoms with van der Waals surface area (Å²) in [6, 6.07) is 5.34. The van der Waals surface area contributed by atoms with E-state index in [1.165, 1.54) is 12.1 Å². The number of esters is 1. The smallest absolute Gasteiger partial charge is 0.408 e. The molecule has 9 heteroatoms. The fourth-order valence-electron chi connectivity index (χ4n) is 2.10. The lowest BCUT2D eigenvalue weighted by Gasteiger charge is -2.23. The molecule has 1 aromatic rings. The van der Waals surface area contributed by atoms with Crippen LogP contribution in [0, 0.1) is 0 Å². The Morgan fingerprint density at radius 1 is 1.15 bits per heavy atom. The molecular formula is C17H25NO7S. The highest BCUT2D eigenvalue weighted by Crippen LogP contribution is 2.12. The number of nitrogens with one attached hydrogen (secondary N) is 1. The number of amides is 1. The van der Waals surface area contributed by atoms with Gasteiger partial charge in [0.15, 0.2) is 0 Å². The molecule has 0 saturated heterocycles. The van der Waals surface area contributed by atoms with Gasteiger partial charge in [0.25, 0.3) is 10.1 Å². The third kappa shape index (κ3) is 8.82. The number of hydrogen-bond acceptors (Lipinski definition) is 6. The molecule has 0 fully saturated rings. The standard InChI is InChI=1S/C17H25NO7S/c1-5-24-15(19)14(18-16(20)25-17(2,3)4)10-12-6-8-13(9-7-12)11-26(21,22)23/h6-9,14H,5,10-11H2,1-4H3,(H,18,20)(H,21,22,23). The maximum Gasteiger partial charge on any atom is 0.408 e.